The molecule has 0 unspecified atom stereocenters. The van der Waals surface area contributed by atoms with Crippen LogP contribution >= 0.6 is 0 Å². The number of hydrogen-bond donors (Lipinski definition) is 1. The normalized spacial score (nSPS) is 12.7. The van der Waals surface area contributed by atoms with Gasteiger partial charge < -0.3 is 0 Å². The molecule has 0 fully saturated rings. The van der Waals surface area contributed by atoms with Crippen LogP contribution in [0.4, 0.5) is 0 Å². The Bertz CT molecular complexity index is 300. The highest BCUT2D eigenvalue weighted by Crippen LogP contribution is 2.21. The van der Waals surface area contributed by atoms with E-state index in [-0.39, 0.29) is 0 Å². The van der Waals surface area contributed by atoms with Gasteiger partial charge in [-0.1, -0.05) is 18.2 Å². The molecule has 0 aliphatic carbocycles. The number of rotatable bonds is 5. The van der Waals surface area contributed by atoms with Crippen molar-refractivity contribution < 1.29 is 12.6 Å². The molecule has 1 aromatic carbocycles. The Morgan fingerprint density at radius 3 is 2.00 bits per heavy atom. The Labute approximate surface area is 85.9 Å². The molecule has 3 nitrogen and oxygen atoms in total. The van der Waals surface area contributed by atoms with E-state index in [0.29, 0.717) is 18.1 Å². The van der Waals surface area contributed by atoms with Gasteiger partial charge in [-0.15, -0.1) is 0 Å². The summed E-state index contributed by atoms with van der Waals surface area (Å²) in [6, 6.07) is 9.02. The highest BCUT2D eigenvalue weighted by molar-refractivity contribution is 7.94. The summed E-state index contributed by atoms with van der Waals surface area (Å²) in [6.07, 6.45) is 0. The molecular weight excluding hydrogens is 200 g/mol. The van der Waals surface area contributed by atoms with Crippen molar-refractivity contribution in [3.8, 4) is 0 Å². The predicted molar refractivity (Wildman–Crippen MR) is 57.5 cm³/mol. The number of thiol groups is 1. The van der Waals surface area contributed by atoms with Gasteiger partial charge in [0.25, 0.3) is 0 Å². The van der Waals surface area contributed by atoms with E-state index in [4.69, 9.17) is 8.37 Å². The van der Waals surface area contributed by atoms with Gasteiger partial charge in [-0.2, -0.15) is 0 Å². The minimum atomic E-state index is -3.07. The Morgan fingerprint density at radius 2 is 1.57 bits per heavy atom. The van der Waals surface area contributed by atoms with E-state index >= 15 is 0 Å². The van der Waals surface area contributed by atoms with Crippen molar-refractivity contribution >= 4 is 10.5 Å². The molecule has 80 valence electrons. The van der Waals surface area contributed by atoms with Crippen LogP contribution in [0.15, 0.2) is 35.2 Å². The maximum atomic E-state index is 12.2. The molecule has 0 N–H and O–H groups in total. The average molecular weight is 216 g/mol. The van der Waals surface area contributed by atoms with Crippen molar-refractivity contribution in [1.29, 1.82) is 0 Å². The molecule has 0 saturated carbocycles. The maximum Gasteiger partial charge on any atom is 0.104 e. The largest absolute Gasteiger partial charge is 0.291 e. The second-order valence-electron chi connectivity index (χ2n) is 2.67. The Morgan fingerprint density at radius 1 is 1.07 bits per heavy atom. The molecule has 0 aliphatic heterocycles. The molecule has 0 aliphatic rings. The summed E-state index contributed by atoms with van der Waals surface area (Å²) in [6.45, 7) is 4.36. The van der Waals surface area contributed by atoms with E-state index in [1.807, 2.05) is 18.2 Å². The molecule has 14 heavy (non-hydrogen) atoms. The number of benzene rings is 1. The molecular formula is C10H16O3S. The van der Waals surface area contributed by atoms with Gasteiger partial charge >= 0.3 is 0 Å². The molecule has 0 aromatic heterocycles. The van der Waals surface area contributed by atoms with Gasteiger partial charge in [0.05, 0.1) is 18.1 Å². The average Bonchev–Trinajstić information content (AvgIpc) is 2.20. The van der Waals surface area contributed by atoms with Gasteiger partial charge in [0, 0.05) is 0 Å². The van der Waals surface area contributed by atoms with Crippen molar-refractivity contribution in [1.82, 2.24) is 0 Å². The lowest BCUT2D eigenvalue weighted by molar-refractivity contribution is 0.249. The third-order valence-corrected chi connectivity index (χ3v) is 3.80. The molecule has 0 bridgehead atoms. The second-order valence-corrected chi connectivity index (χ2v) is 4.70. The van der Waals surface area contributed by atoms with Crippen molar-refractivity contribution in [2.45, 2.75) is 18.7 Å². The monoisotopic (exact) mass is 216 g/mol. The smallest absolute Gasteiger partial charge is 0.104 e. The van der Waals surface area contributed by atoms with E-state index in [2.05, 4.69) is 0 Å². The van der Waals surface area contributed by atoms with Crippen LogP contribution in [-0.2, 0) is 18.9 Å². The lowest BCUT2D eigenvalue weighted by Gasteiger charge is -2.23. The van der Waals surface area contributed by atoms with Crippen LogP contribution in [0.5, 0.6) is 0 Å². The minimum absolute atomic E-state index is 0.381. The minimum Gasteiger partial charge on any atom is -0.291 e. The summed E-state index contributed by atoms with van der Waals surface area (Å²) in [7, 11) is -3.07. The first-order valence-electron chi connectivity index (χ1n) is 4.67. The summed E-state index contributed by atoms with van der Waals surface area (Å²) in [5, 5.41) is 0. The van der Waals surface area contributed by atoms with Gasteiger partial charge in [0.1, 0.15) is 10.5 Å². The summed E-state index contributed by atoms with van der Waals surface area (Å²) < 4.78 is 22.5. The van der Waals surface area contributed by atoms with Gasteiger partial charge in [0.2, 0.25) is 0 Å². The number of hydrogen-bond acceptors (Lipinski definition) is 3. The predicted octanol–water partition coefficient (Wildman–Crippen LogP) is 1.97. The first-order valence-corrected chi connectivity index (χ1v) is 6.22. The van der Waals surface area contributed by atoms with Crippen LogP contribution in [0.2, 0.25) is 0 Å². The molecule has 0 heterocycles. The lowest BCUT2D eigenvalue weighted by atomic mass is 10.4. The zero-order valence-electron chi connectivity index (χ0n) is 8.47. The van der Waals surface area contributed by atoms with Gasteiger partial charge in [-0.25, -0.2) is 4.21 Å². The van der Waals surface area contributed by atoms with Crippen LogP contribution in [0, 0.1) is 0 Å². The molecule has 1 rings (SSSR count). The first-order chi connectivity index (χ1) is 6.73. The Balaban J connectivity index is 2.94. The molecule has 4 heteroatoms. The van der Waals surface area contributed by atoms with E-state index < -0.39 is 10.5 Å². The quantitative estimate of drug-likeness (QED) is 0.764. The Hall–Kier alpha value is -0.710. The van der Waals surface area contributed by atoms with Crippen molar-refractivity contribution in [2.75, 3.05) is 13.2 Å². The topological polar surface area (TPSA) is 35.5 Å². The van der Waals surface area contributed by atoms with Gasteiger partial charge in [-0.3, -0.25) is 8.37 Å². The highest BCUT2D eigenvalue weighted by atomic mass is 32.3. The molecule has 0 atom stereocenters. The van der Waals surface area contributed by atoms with Crippen LogP contribution in [0.25, 0.3) is 0 Å². The SMILES string of the molecule is CCO[SH](=O)(OCC)c1ccccc1. The van der Waals surface area contributed by atoms with Crippen molar-refractivity contribution in [3.63, 3.8) is 0 Å². The third kappa shape index (κ3) is 2.64. The molecule has 1 aromatic rings. The third-order valence-electron chi connectivity index (χ3n) is 1.67. The van der Waals surface area contributed by atoms with Crippen LogP contribution in [0.3, 0.4) is 0 Å². The van der Waals surface area contributed by atoms with Crippen LogP contribution in [0.1, 0.15) is 13.8 Å². The summed E-state index contributed by atoms with van der Waals surface area (Å²) in [4.78, 5) is 0.615. The van der Waals surface area contributed by atoms with Gasteiger partial charge in [0.15, 0.2) is 0 Å². The standard InChI is InChI=1S/C10H16O3S/c1-3-12-14(11,13-4-2)10-8-6-5-7-9-10/h5-9,14H,3-4H2,1-2H3. The van der Waals surface area contributed by atoms with Crippen molar-refractivity contribution in [2.24, 2.45) is 0 Å². The fraction of sp³-hybridized carbons (Fsp3) is 0.400. The van der Waals surface area contributed by atoms with E-state index in [1.165, 1.54) is 0 Å². The molecule has 0 amide bonds. The molecule has 0 saturated heterocycles. The highest BCUT2D eigenvalue weighted by Gasteiger charge is 2.16. The van der Waals surface area contributed by atoms with E-state index in [0.717, 1.165) is 0 Å². The zero-order chi connectivity index (χ0) is 10.4. The molecule has 0 radical (unpaired) electrons. The summed E-state index contributed by atoms with van der Waals surface area (Å²) in [5.74, 6) is 0. The Kier molecular flexibility index (Phi) is 4.25. The maximum absolute atomic E-state index is 12.2. The van der Waals surface area contributed by atoms with E-state index in [9.17, 15) is 4.21 Å². The fourth-order valence-corrected chi connectivity index (χ4v) is 2.73. The lowest BCUT2D eigenvalue weighted by Crippen LogP contribution is -2.20. The summed E-state index contributed by atoms with van der Waals surface area (Å²) >= 11 is 0. The fourth-order valence-electron chi connectivity index (χ4n) is 1.14. The van der Waals surface area contributed by atoms with Crippen molar-refractivity contribution in [3.05, 3.63) is 30.3 Å². The van der Waals surface area contributed by atoms with Crippen LogP contribution < -0.4 is 0 Å². The van der Waals surface area contributed by atoms with E-state index in [1.54, 1.807) is 26.0 Å². The summed E-state index contributed by atoms with van der Waals surface area (Å²) in [5.41, 5.74) is 0. The van der Waals surface area contributed by atoms with Gasteiger partial charge in [-0.05, 0) is 26.0 Å². The second kappa shape index (κ2) is 5.24. The molecule has 0 spiro atoms. The zero-order valence-corrected chi connectivity index (χ0v) is 9.37. The first kappa shape index (κ1) is 11.4. The van der Waals surface area contributed by atoms with Crippen LogP contribution in [-0.4, -0.2) is 17.4 Å².